The highest BCUT2D eigenvalue weighted by Gasteiger charge is 2.29. The van der Waals surface area contributed by atoms with E-state index in [9.17, 15) is 4.21 Å². The number of nitrogens with zero attached hydrogens (tertiary/aromatic N) is 2. The highest BCUT2D eigenvalue weighted by molar-refractivity contribution is 7.99. The molecule has 10 aromatic rings. The average molecular weight is 731 g/mol. The Bertz CT molecular complexity index is 3110. The van der Waals surface area contributed by atoms with Crippen LogP contribution in [0.2, 0.25) is 0 Å². The van der Waals surface area contributed by atoms with Crippen LogP contribution in [0.3, 0.4) is 0 Å². The van der Waals surface area contributed by atoms with Crippen molar-refractivity contribution in [3.63, 3.8) is 0 Å². The van der Waals surface area contributed by atoms with E-state index in [0.29, 0.717) is 0 Å². The highest BCUT2D eigenvalue weighted by atomic mass is 32.2. The molecule has 256 valence electrons. The summed E-state index contributed by atoms with van der Waals surface area (Å²) in [4.78, 5) is 6.29. The number of hydrogen-bond acceptors (Lipinski definition) is 4. The van der Waals surface area contributed by atoms with Crippen molar-refractivity contribution in [2.45, 2.75) is 19.6 Å². The fourth-order valence-electron chi connectivity index (χ4n) is 8.00. The summed E-state index contributed by atoms with van der Waals surface area (Å²) in [7, 11) is -1.30. The molecular weight excluding hydrogens is 701 g/mol. The summed E-state index contributed by atoms with van der Waals surface area (Å²) in [6.45, 7) is 0. The Balaban J connectivity index is 1.13. The van der Waals surface area contributed by atoms with Crippen molar-refractivity contribution >= 4 is 83.4 Å². The van der Waals surface area contributed by atoms with Gasteiger partial charge in [-0.1, -0.05) is 121 Å². The standard InChI is InChI=1S/C48H30N2O2S2/c51-54(33-17-5-2-6-18-33)34-19-11-14-31(28-34)35-21-12-22-37-38-23-13-26-42(48(38)52-47(35)37)50-41-25-9-10-27-45(41)53-46-29-39-36-20-7-8-24-40(36)49(43(39)30-44(46)50)32-15-3-1-4-16-32/h1-30H. The minimum atomic E-state index is -1.30. The molecule has 3 heterocycles. The Hall–Kier alpha value is -6.34. The molecule has 0 saturated carbocycles. The van der Waals surface area contributed by atoms with Gasteiger partial charge in [0.05, 0.1) is 38.9 Å². The largest absolute Gasteiger partial charge is 0.453 e. The first kappa shape index (κ1) is 31.2. The van der Waals surface area contributed by atoms with E-state index in [1.165, 1.54) is 26.1 Å². The summed E-state index contributed by atoms with van der Waals surface area (Å²) in [5.41, 5.74) is 10.2. The Labute approximate surface area is 318 Å². The zero-order valence-electron chi connectivity index (χ0n) is 28.8. The van der Waals surface area contributed by atoms with Crippen molar-refractivity contribution in [3.8, 4) is 16.8 Å². The molecule has 11 rings (SSSR count). The van der Waals surface area contributed by atoms with Crippen LogP contribution in [0.1, 0.15) is 0 Å². The summed E-state index contributed by atoms with van der Waals surface area (Å²) in [6, 6.07) is 63.0. The monoisotopic (exact) mass is 730 g/mol. The molecule has 0 radical (unpaired) electrons. The van der Waals surface area contributed by atoms with E-state index in [2.05, 4.69) is 143 Å². The van der Waals surface area contributed by atoms with Gasteiger partial charge in [-0.3, -0.25) is 0 Å². The van der Waals surface area contributed by atoms with Crippen LogP contribution in [-0.4, -0.2) is 8.78 Å². The van der Waals surface area contributed by atoms with Gasteiger partial charge in [0.1, 0.15) is 5.58 Å². The fourth-order valence-corrected chi connectivity index (χ4v) is 10.2. The quantitative estimate of drug-likeness (QED) is 0.177. The molecule has 0 saturated heterocycles. The van der Waals surface area contributed by atoms with Crippen molar-refractivity contribution < 1.29 is 8.63 Å². The molecule has 1 aliphatic heterocycles. The highest BCUT2D eigenvalue weighted by Crippen LogP contribution is 2.55. The SMILES string of the molecule is O=S(c1ccccc1)c1cccc(-c2cccc3c2oc2c(N4c5ccccc5Sc5cc6c7ccccc7n(-c7ccccc7)c6cc54)cccc23)c1. The second-order valence-corrected chi connectivity index (χ2v) is 16.0. The number of para-hydroxylation sites is 5. The molecule has 0 fully saturated rings. The van der Waals surface area contributed by atoms with E-state index in [4.69, 9.17) is 4.42 Å². The second kappa shape index (κ2) is 12.4. The first-order valence-corrected chi connectivity index (χ1v) is 19.9. The molecule has 2 aromatic heterocycles. The number of benzene rings is 8. The summed E-state index contributed by atoms with van der Waals surface area (Å²) in [6.07, 6.45) is 0. The minimum Gasteiger partial charge on any atom is -0.453 e. The van der Waals surface area contributed by atoms with E-state index < -0.39 is 10.8 Å². The lowest BCUT2D eigenvalue weighted by atomic mass is 10.0. The van der Waals surface area contributed by atoms with E-state index >= 15 is 0 Å². The maximum atomic E-state index is 13.6. The van der Waals surface area contributed by atoms with Crippen LogP contribution < -0.4 is 4.90 Å². The van der Waals surface area contributed by atoms with Crippen molar-refractivity contribution in [2.75, 3.05) is 4.90 Å². The maximum absolute atomic E-state index is 13.6. The fraction of sp³-hybridized carbons (Fsp3) is 0. The minimum absolute atomic E-state index is 0.755. The lowest BCUT2D eigenvalue weighted by molar-refractivity contribution is 0.670. The predicted molar refractivity (Wildman–Crippen MR) is 223 cm³/mol. The van der Waals surface area contributed by atoms with Crippen LogP contribution in [0, 0.1) is 0 Å². The molecule has 6 heteroatoms. The van der Waals surface area contributed by atoms with Gasteiger partial charge in [-0.05, 0) is 78.4 Å². The molecule has 1 aliphatic rings. The molecule has 0 bridgehead atoms. The maximum Gasteiger partial charge on any atom is 0.159 e. The third kappa shape index (κ3) is 4.81. The van der Waals surface area contributed by atoms with Crippen LogP contribution in [0.4, 0.5) is 17.1 Å². The van der Waals surface area contributed by atoms with E-state index in [1.54, 1.807) is 0 Å². The second-order valence-electron chi connectivity index (χ2n) is 13.5. The van der Waals surface area contributed by atoms with Crippen LogP contribution >= 0.6 is 11.8 Å². The van der Waals surface area contributed by atoms with Gasteiger partial charge in [-0.2, -0.15) is 0 Å². The summed E-state index contributed by atoms with van der Waals surface area (Å²) in [5, 5.41) is 4.54. The van der Waals surface area contributed by atoms with Gasteiger partial charge in [0, 0.05) is 52.4 Å². The normalized spacial score (nSPS) is 13.1. The van der Waals surface area contributed by atoms with E-state index in [-0.39, 0.29) is 0 Å². The molecule has 4 nitrogen and oxygen atoms in total. The topological polar surface area (TPSA) is 38.4 Å². The van der Waals surface area contributed by atoms with Gasteiger partial charge in [-0.15, -0.1) is 0 Å². The molecular formula is C48H30N2O2S2. The first-order chi connectivity index (χ1) is 26.7. The lowest BCUT2D eigenvalue weighted by Gasteiger charge is -2.33. The van der Waals surface area contributed by atoms with Crippen LogP contribution in [0.25, 0.3) is 60.6 Å². The van der Waals surface area contributed by atoms with Crippen molar-refractivity contribution in [3.05, 3.63) is 182 Å². The van der Waals surface area contributed by atoms with E-state index in [0.717, 1.165) is 71.1 Å². The van der Waals surface area contributed by atoms with Gasteiger partial charge >= 0.3 is 0 Å². The van der Waals surface area contributed by atoms with Gasteiger partial charge < -0.3 is 13.9 Å². The Kier molecular flexibility index (Phi) is 7.15. The number of hydrogen-bond donors (Lipinski definition) is 0. The molecule has 0 amide bonds. The first-order valence-electron chi connectivity index (χ1n) is 17.9. The number of anilines is 3. The summed E-state index contributed by atoms with van der Waals surface area (Å²) < 4.78 is 23.0. The third-order valence-corrected chi connectivity index (χ3v) is 12.9. The molecule has 0 spiro atoms. The third-order valence-electron chi connectivity index (χ3n) is 10.4. The summed E-state index contributed by atoms with van der Waals surface area (Å²) in [5.74, 6) is 0. The van der Waals surface area contributed by atoms with Gasteiger partial charge in [0.25, 0.3) is 0 Å². The number of aromatic nitrogens is 1. The Morgan fingerprint density at radius 1 is 0.463 bits per heavy atom. The summed E-state index contributed by atoms with van der Waals surface area (Å²) >= 11 is 1.82. The van der Waals surface area contributed by atoms with Crippen LogP contribution in [-0.2, 0) is 10.8 Å². The van der Waals surface area contributed by atoms with Gasteiger partial charge in [0.15, 0.2) is 5.58 Å². The van der Waals surface area contributed by atoms with Crippen molar-refractivity contribution in [1.29, 1.82) is 0 Å². The van der Waals surface area contributed by atoms with Crippen molar-refractivity contribution in [1.82, 2.24) is 4.57 Å². The lowest BCUT2D eigenvalue weighted by Crippen LogP contribution is -2.15. The zero-order valence-corrected chi connectivity index (χ0v) is 30.5. The molecule has 0 aliphatic carbocycles. The number of furan rings is 1. The van der Waals surface area contributed by atoms with Crippen LogP contribution in [0.5, 0.6) is 0 Å². The molecule has 1 unspecified atom stereocenters. The predicted octanol–water partition coefficient (Wildman–Crippen LogP) is 13.5. The Morgan fingerprint density at radius 3 is 2.00 bits per heavy atom. The average Bonchev–Trinajstić information content (AvgIpc) is 3.78. The molecule has 8 aromatic carbocycles. The molecule has 1 atom stereocenters. The smallest absolute Gasteiger partial charge is 0.159 e. The van der Waals surface area contributed by atoms with Gasteiger partial charge in [0.2, 0.25) is 0 Å². The van der Waals surface area contributed by atoms with Gasteiger partial charge in [-0.25, -0.2) is 4.21 Å². The number of rotatable bonds is 5. The molecule has 0 N–H and O–H groups in total. The Morgan fingerprint density at radius 2 is 1.13 bits per heavy atom. The number of fused-ring (bicyclic) bond motifs is 8. The van der Waals surface area contributed by atoms with E-state index in [1.807, 2.05) is 60.3 Å². The van der Waals surface area contributed by atoms with Crippen LogP contribution in [0.15, 0.2) is 206 Å². The van der Waals surface area contributed by atoms with Crippen molar-refractivity contribution in [2.24, 2.45) is 0 Å². The molecule has 54 heavy (non-hydrogen) atoms. The zero-order chi connectivity index (χ0) is 35.8.